The monoisotopic (exact) mass is 628 g/mol. The van der Waals surface area contributed by atoms with Crippen molar-refractivity contribution in [2.75, 3.05) is 19.5 Å². The number of halogens is 1. The molecule has 0 radical (unpaired) electrons. The Balaban J connectivity index is 1.32. The van der Waals surface area contributed by atoms with Gasteiger partial charge in [-0.3, -0.25) is 13.8 Å². The zero-order chi connectivity index (χ0) is 30.1. The summed E-state index contributed by atoms with van der Waals surface area (Å²) in [5, 5.41) is 4.58. The highest BCUT2D eigenvalue weighted by molar-refractivity contribution is 7.85. The van der Waals surface area contributed by atoms with Gasteiger partial charge in [0.2, 0.25) is 0 Å². The summed E-state index contributed by atoms with van der Waals surface area (Å²) in [6, 6.07) is 10.4. The third-order valence-electron chi connectivity index (χ3n) is 6.52. The average Bonchev–Trinajstić information content (AvgIpc) is 3.50. The van der Waals surface area contributed by atoms with Gasteiger partial charge in [0.05, 0.1) is 54.0 Å². The number of fused-ring (bicyclic) bond motifs is 2. The third-order valence-corrected chi connectivity index (χ3v) is 9.18. The molecule has 14 heteroatoms. The zero-order valence-electron chi connectivity index (χ0n) is 24.2. The number of rotatable bonds is 12. The second-order valence-corrected chi connectivity index (χ2v) is 18.8. The fourth-order valence-electron chi connectivity index (χ4n) is 4.26. The van der Waals surface area contributed by atoms with E-state index in [4.69, 9.17) is 35.2 Å². The van der Waals surface area contributed by atoms with Crippen LogP contribution >= 0.6 is 11.6 Å². The first-order valence-electron chi connectivity index (χ1n) is 13.4. The van der Waals surface area contributed by atoms with Crippen LogP contribution in [0.5, 0.6) is 11.5 Å². The molecule has 3 aromatic heterocycles. The molecule has 0 aliphatic carbocycles. The van der Waals surface area contributed by atoms with Gasteiger partial charge < -0.3 is 14.0 Å². The van der Waals surface area contributed by atoms with E-state index in [1.54, 1.807) is 35.4 Å². The van der Waals surface area contributed by atoms with Crippen LogP contribution in [-0.4, -0.2) is 65.3 Å². The van der Waals surface area contributed by atoms with Crippen LogP contribution in [0.15, 0.2) is 48.9 Å². The minimum Gasteiger partial charge on any atom is -0.456 e. The molecule has 0 spiro atoms. The molecule has 0 unspecified atom stereocenters. The molecule has 0 bridgehead atoms. The van der Waals surface area contributed by atoms with Crippen LogP contribution in [0.2, 0.25) is 30.7 Å². The lowest BCUT2D eigenvalue weighted by atomic mass is 10.2. The number of ether oxygens (including phenoxy) is 2. The van der Waals surface area contributed by atoms with Crippen molar-refractivity contribution in [2.45, 2.75) is 45.9 Å². The maximum Gasteiger partial charge on any atom is 0.264 e. The Hall–Kier alpha value is -3.36. The summed E-state index contributed by atoms with van der Waals surface area (Å²) < 4.78 is 42.9. The van der Waals surface area contributed by atoms with E-state index in [1.165, 1.54) is 0 Å². The largest absolute Gasteiger partial charge is 0.456 e. The Morgan fingerprint density at radius 1 is 1.02 bits per heavy atom. The van der Waals surface area contributed by atoms with Crippen molar-refractivity contribution >= 4 is 51.9 Å². The number of imidazole rings is 1. The molecule has 0 aliphatic heterocycles. The highest BCUT2D eigenvalue weighted by Gasteiger charge is 2.16. The van der Waals surface area contributed by atoms with Gasteiger partial charge in [-0.25, -0.2) is 9.97 Å². The Morgan fingerprint density at radius 2 is 1.83 bits per heavy atom. The minimum atomic E-state index is -3.51. The Kier molecular flexibility index (Phi) is 8.67. The molecule has 222 valence electrons. The van der Waals surface area contributed by atoms with E-state index >= 15 is 0 Å². The van der Waals surface area contributed by atoms with Gasteiger partial charge in [0.25, 0.3) is 10.1 Å². The molecular formula is C28H33ClN6O5SSi. The van der Waals surface area contributed by atoms with E-state index in [1.807, 2.05) is 25.1 Å². The summed E-state index contributed by atoms with van der Waals surface area (Å²) in [4.78, 5) is 13.9. The lowest BCUT2D eigenvalue weighted by Crippen LogP contribution is -2.22. The molecule has 2 aromatic carbocycles. The second kappa shape index (κ2) is 12.1. The standard InChI is InChI=1S/C28H33ClN6O5SSi/c1-19-32-23-14-21(6-8-25(23)35(19)18-38-12-13-42(3,4)5)40-26-9-7-22-28(27(26)29)33-24(16-30-22)20-15-31-34(17-20)10-11-39-41(2,36)37/h6-9,14-17H,10-13,18H2,1-5H3. The lowest BCUT2D eigenvalue weighted by Gasteiger charge is -2.16. The van der Waals surface area contributed by atoms with Crippen molar-refractivity contribution < 1.29 is 22.1 Å². The molecule has 11 nitrogen and oxygen atoms in total. The Morgan fingerprint density at radius 3 is 2.60 bits per heavy atom. The van der Waals surface area contributed by atoms with Crippen LogP contribution in [-0.2, 0) is 32.3 Å². The summed E-state index contributed by atoms with van der Waals surface area (Å²) in [5.41, 5.74) is 4.13. The van der Waals surface area contributed by atoms with Crippen LogP contribution in [0.25, 0.3) is 33.3 Å². The van der Waals surface area contributed by atoms with E-state index in [0.29, 0.717) is 45.5 Å². The number of hydrogen-bond acceptors (Lipinski definition) is 9. The Bertz CT molecular complexity index is 1850. The number of benzene rings is 2. The molecule has 5 rings (SSSR count). The molecule has 0 amide bonds. The summed E-state index contributed by atoms with van der Waals surface area (Å²) >= 11 is 6.76. The van der Waals surface area contributed by atoms with Crippen LogP contribution in [0, 0.1) is 6.92 Å². The highest BCUT2D eigenvalue weighted by atomic mass is 35.5. The van der Waals surface area contributed by atoms with Crippen molar-refractivity contribution in [1.82, 2.24) is 29.3 Å². The van der Waals surface area contributed by atoms with E-state index in [-0.39, 0.29) is 13.2 Å². The molecule has 42 heavy (non-hydrogen) atoms. The number of nitrogens with zero attached hydrogens (tertiary/aromatic N) is 6. The van der Waals surface area contributed by atoms with E-state index < -0.39 is 18.2 Å². The van der Waals surface area contributed by atoms with Crippen LogP contribution < -0.4 is 4.74 Å². The summed E-state index contributed by atoms with van der Waals surface area (Å²) in [5.74, 6) is 1.90. The van der Waals surface area contributed by atoms with Crippen LogP contribution in [0.3, 0.4) is 0 Å². The maximum atomic E-state index is 11.2. The number of aryl methyl sites for hydroxylation is 1. The molecule has 0 N–H and O–H groups in total. The van der Waals surface area contributed by atoms with Gasteiger partial charge in [-0.2, -0.15) is 13.5 Å². The minimum absolute atomic E-state index is 0.0199. The van der Waals surface area contributed by atoms with Crippen molar-refractivity contribution in [3.05, 3.63) is 59.8 Å². The smallest absolute Gasteiger partial charge is 0.264 e. The van der Waals surface area contributed by atoms with Crippen molar-refractivity contribution in [1.29, 1.82) is 0 Å². The summed E-state index contributed by atoms with van der Waals surface area (Å²) in [6.45, 7) is 10.4. The normalized spacial score (nSPS) is 12.4. The van der Waals surface area contributed by atoms with Crippen molar-refractivity contribution in [3.8, 4) is 22.8 Å². The zero-order valence-corrected chi connectivity index (χ0v) is 26.7. The van der Waals surface area contributed by atoms with Gasteiger partial charge in [0, 0.05) is 32.5 Å². The van der Waals surface area contributed by atoms with E-state index in [9.17, 15) is 8.42 Å². The second-order valence-electron chi connectivity index (χ2n) is 11.2. The molecule has 5 aromatic rings. The number of aromatic nitrogens is 6. The summed E-state index contributed by atoms with van der Waals surface area (Å²) in [6.07, 6.45) is 6.00. The first kappa shape index (κ1) is 30.1. The van der Waals surface area contributed by atoms with Gasteiger partial charge in [-0.15, -0.1) is 0 Å². The first-order chi connectivity index (χ1) is 19.9. The van der Waals surface area contributed by atoms with Gasteiger partial charge in [-0.05, 0) is 37.2 Å². The van der Waals surface area contributed by atoms with Gasteiger partial charge in [0.1, 0.15) is 34.6 Å². The molecule has 0 saturated heterocycles. The topological polar surface area (TPSA) is 123 Å². The molecule has 0 aliphatic rings. The fraction of sp³-hybridized carbons (Fsp3) is 0.357. The van der Waals surface area contributed by atoms with E-state index in [2.05, 4.69) is 34.3 Å². The molecular weight excluding hydrogens is 596 g/mol. The first-order valence-corrected chi connectivity index (χ1v) is 19.3. The maximum absolute atomic E-state index is 11.2. The van der Waals surface area contributed by atoms with E-state index in [0.717, 1.165) is 35.8 Å². The molecule has 0 fully saturated rings. The number of hydrogen-bond donors (Lipinski definition) is 0. The third kappa shape index (κ3) is 7.34. The van der Waals surface area contributed by atoms with Crippen molar-refractivity contribution in [2.24, 2.45) is 0 Å². The molecule has 0 atom stereocenters. The van der Waals surface area contributed by atoms with Gasteiger partial charge in [-0.1, -0.05) is 31.2 Å². The SMILES string of the molecule is Cc1nc2cc(Oc3ccc4ncc(-c5cnn(CCOS(C)(=O)=O)c5)nc4c3Cl)ccc2n1COCC[Si](C)(C)C. The quantitative estimate of drug-likeness (QED) is 0.0945. The average molecular weight is 629 g/mol. The highest BCUT2D eigenvalue weighted by Crippen LogP contribution is 2.36. The molecule has 3 heterocycles. The van der Waals surface area contributed by atoms with Gasteiger partial charge in [0.15, 0.2) is 0 Å². The Labute approximate surface area is 250 Å². The lowest BCUT2D eigenvalue weighted by molar-refractivity contribution is 0.0885. The van der Waals surface area contributed by atoms with Crippen molar-refractivity contribution in [3.63, 3.8) is 0 Å². The predicted molar refractivity (Wildman–Crippen MR) is 165 cm³/mol. The summed E-state index contributed by atoms with van der Waals surface area (Å²) in [7, 11) is -4.67. The predicted octanol–water partition coefficient (Wildman–Crippen LogP) is 5.89. The molecule has 0 saturated carbocycles. The fourth-order valence-corrected chi connectivity index (χ4v) is 5.64. The van der Waals surface area contributed by atoms with Gasteiger partial charge >= 0.3 is 0 Å². The van der Waals surface area contributed by atoms with Crippen LogP contribution in [0.4, 0.5) is 0 Å². The van der Waals surface area contributed by atoms with Crippen LogP contribution in [0.1, 0.15) is 5.82 Å².